The molecule has 3 rings (SSSR count). The van der Waals surface area contributed by atoms with Gasteiger partial charge < -0.3 is 30.1 Å². The number of carbonyl (C=O) groups is 2. The van der Waals surface area contributed by atoms with E-state index in [4.69, 9.17) is 4.74 Å². The smallest absolute Gasteiger partial charge is 0.345 e. The van der Waals surface area contributed by atoms with Crippen molar-refractivity contribution in [2.75, 3.05) is 24.6 Å². The van der Waals surface area contributed by atoms with Crippen LogP contribution in [0.15, 0.2) is 48.5 Å². The third-order valence-corrected chi connectivity index (χ3v) is 6.48. The molecule has 0 aliphatic carbocycles. The van der Waals surface area contributed by atoms with Crippen LogP contribution in [-0.2, 0) is 26.2 Å². The van der Waals surface area contributed by atoms with Crippen LogP contribution in [0.5, 0.6) is 17.2 Å². The maximum absolute atomic E-state index is 12.1. The number of methoxy groups -OCH3 is 1. The molecule has 0 saturated heterocycles. The number of aryl methyl sites for hydroxylation is 1. The number of aromatic hydroxyl groups is 2. The molecular formula is C23H27N3O9S. The highest BCUT2D eigenvalue weighted by Crippen LogP contribution is 2.32. The summed E-state index contributed by atoms with van der Waals surface area (Å²) in [6.07, 6.45) is 2.62. The van der Waals surface area contributed by atoms with Gasteiger partial charge in [0, 0.05) is 13.0 Å². The molecule has 1 aliphatic rings. The number of nitrogens with one attached hydrogen (secondary N) is 2. The summed E-state index contributed by atoms with van der Waals surface area (Å²) in [5.74, 6) is -1.79. The Hall–Kier alpha value is -4.13. The molecule has 0 aromatic heterocycles. The van der Waals surface area contributed by atoms with E-state index in [0.717, 1.165) is 6.20 Å². The Kier molecular flexibility index (Phi) is 8.48. The van der Waals surface area contributed by atoms with E-state index < -0.39 is 22.1 Å². The number of anilines is 1. The Morgan fingerprint density at radius 1 is 1.08 bits per heavy atom. The van der Waals surface area contributed by atoms with Gasteiger partial charge in [-0.05, 0) is 49.1 Å². The number of hydrogen-bond acceptors (Lipinski definition) is 9. The van der Waals surface area contributed by atoms with E-state index >= 15 is 0 Å². The molecule has 194 valence electrons. The van der Waals surface area contributed by atoms with Crippen LogP contribution in [0, 0.1) is 0 Å². The fourth-order valence-corrected chi connectivity index (χ4v) is 4.50. The fourth-order valence-electron chi connectivity index (χ4n) is 3.43. The standard InChI is InChI=1S/C23H27N3O9S/c1-34-23(31)22-17(27)5-4-6-19(22)35-12-3-2-11-24-20(29)10-8-15-7-9-16(18(28)13-15)26-14-21(30)25-36(26,32)33/h4-7,9,13-14,25,27-28,30H,2-3,8,10-12H2,1H3,(H,24,29). The molecule has 0 spiro atoms. The average Bonchev–Trinajstić information content (AvgIpc) is 3.11. The number of nitrogens with zero attached hydrogens (tertiary/aromatic N) is 1. The Balaban J connectivity index is 1.39. The summed E-state index contributed by atoms with van der Waals surface area (Å²) in [6.45, 7) is 0.677. The quantitative estimate of drug-likeness (QED) is 0.218. The van der Waals surface area contributed by atoms with Gasteiger partial charge in [-0.25, -0.2) is 13.8 Å². The van der Waals surface area contributed by atoms with Gasteiger partial charge in [0.25, 0.3) is 0 Å². The number of amides is 1. The van der Waals surface area contributed by atoms with Gasteiger partial charge in [0.2, 0.25) is 11.8 Å². The lowest BCUT2D eigenvalue weighted by Crippen LogP contribution is -2.29. The van der Waals surface area contributed by atoms with Crippen LogP contribution in [0.3, 0.4) is 0 Å². The summed E-state index contributed by atoms with van der Waals surface area (Å²) in [6, 6.07) is 8.81. The first kappa shape index (κ1) is 26.5. The number of rotatable bonds is 11. The molecule has 1 amide bonds. The third-order valence-electron chi connectivity index (χ3n) is 5.19. The van der Waals surface area contributed by atoms with E-state index in [2.05, 4.69) is 10.1 Å². The first-order valence-corrected chi connectivity index (χ1v) is 12.4. The van der Waals surface area contributed by atoms with Gasteiger partial charge in [-0.3, -0.25) is 4.79 Å². The Bertz CT molecular complexity index is 1260. The van der Waals surface area contributed by atoms with Gasteiger partial charge in [0.1, 0.15) is 28.5 Å². The lowest BCUT2D eigenvalue weighted by Gasteiger charge is -2.16. The Morgan fingerprint density at radius 2 is 1.86 bits per heavy atom. The number of unbranched alkanes of at least 4 members (excludes halogenated alkanes) is 1. The number of ether oxygens (including phenoxy) is 2. The second-order valence-corrected chi connectivity index (χ2v) is 9.34. The minimum Gasteiger partial charge on any atom is -0.507 e. The van der Waals surface area contributed by atoms with Gasteiger partial charge in [-0.2, -0.15) is 8.42 Å². The van der Waals surface area contributed by atoms with Crippen LogP contribution in [0.25, 0.3) is 0 Å². The molecule has 36 heavy (non-hydrogen) atoms. The summed E-state index contributed by atoms with van der Waals surface area (Å²) in [4.78, 5) is 23.9. The van der Waals surface area contributed by atoms with Gasteiger partial charge in [0.15, 0.2) is 0 Å². The molecule has 1 heterocycles. The van der Waals surface area contributed by atoms with Crippen molar-refractivity contribution >= 4 is 27.8 Å². The van der Waals surface area contributed by atoms with Gasteiger partial charge >= 0.3 is 16.2 Å². The number of phenolic OH excluding ortho intramolecular Hbond substituents is 2. The van der Waals surface area contributed by atoms with Crippen molar-refractivity contribution < 1.29 is 42.8 Å². The molecule has 12 nitrogen and oxygen atoms in total. The van der Waals surface area contributed by atoms with E-state index in [1.54, 1.807) is 18.2 Å². The largest absolute Gasteiger partial charge is 0.507 e. The highest BCUT2D eigenvalue weighted by molar-refractivity contribution is 7.91. The summed E-state index contributed by atoms with van der Waals surface area (Å²) in [5, 5.41) is 32.2. The first-order valence-electron chi connectivity index (χ1n) is 11.0. The first-order chi connectivity index (χ1) is 17.1. The second-order valence-electron chi connectivity index (χ2n) is 7.79. The monoisotopic (exact) mass is 521 g/mol. The average molecular weight is 522 g/mol. The lowest BCUT2D eigenvalue weighted by molar-refractivity contribution is -0.121. The third kappa shape index (κ3) is 6.50. The summed E-state index contributed by atoms with van der Waals surface area (Å²) >= 11 is 0. The highest BCUT2D eigenvalue weighted by Gasteiger charge is 2.30. The predicted molar refractivity (Wildman–Crippen MR) is 129 cm³/mol. The topological polar surface area (TPSA) is 175 Å². The zero-order valence-corrected chi connectivity index (χ0v) is 20.2. The summed E-state index contributed by atoms with van der Waals surface area (Å²) in [7, 11) is -2.81. The van der Waals surface area contributed by atoms with E-state index in [0.29, 0.717) is 35.7 Å². The van der Waals surface area contributed by atoms with Crippen molar-refractivity contribution in [2.45, 2.75) is 25.7 Å². The fraction of sp³-hybridized carbons (Fsp3) is 0.304. The van der Waals surface area contributed by atoms with E-state index in [1.165, 1.54) is 25.3 Å². The number of carbonyl (C=O) groups excluding carboxylic acids is 2. The number of esters is 1. The molecular weight excluding hydrogens is 494 g/mol. The predicted octanol–water partition coefficient (Wildman–Crippen LogP) is 1.80. The summed E-state index contributed by atoms with van der Waals surface area (Å²) < 4.78 is 36.7. The molecule has 0 saturated carbocycles. The minimum absolute atomic E-state index is 0.0357. The second kappa shape index (κ2) is 11.5. The number of benzene rings is 2. The number of aliphatic hydroxyl groups excluding tert-OH is 1. The normalized spacial score (nSPS) is 14.0. The van der Waals surface area contributed by atoms with Crippen molar-refractivity contribution in [1.82, 2.24) is 10.0 Å². The molecule has 2 aromatic rings. The van der Waals surface area contributed by atoms with E-state index in [-0.39, 0.29) is 47.4 Å². The van der Waals surface area contributed by atoms with Gasteiger partial charge in [-0.15, -0.1) is 0 Å². The van der Waals surface area contributed by atoms with Crippen LogP contribution in [0.4, 0.5) is 5.69 Å². The van der Waals surface area contributed by atoms with Crippen molar-refractivity contribution in [3.05, 3.63) is 59.6 Å². The Morgan fingerprint density at radius 3 is 2.53 bits per heavy atom. The van der Waals surface area contributed by atoms with Crippen LogP contribution in [0.1, 0.15) is 35.2 Å². The van der Waals surface area contributed by atoms with Crippen LogP contribution in [-0.4, -0.2) is 55.9 Å². The molecule has 5 N–H and O–H groups in total. The van der Waals surface area contributed by atoms with Gasteiger partial charge in [0.05, 0.1) is 19.9 Å². The number of hydrogen-bond donors (Lipinski definition) is 5. The van der Waals surface area contributed by atoms with E-state index in [9.17, 15) is 33.3 Å². The summed E-state index contributed by atoms with van der Waals surface area (Å²) in [5.41, 5.74) is 0.553. The molecule has 1 aliphatic heterocycles. The van der Waals surface area contributed by atoms with Gasteiger partial charge in [-0.1, -0.05) is 12.1 Å². The van der Waals surface area contributed by atoms with Crippen molar-refractivity contribution in [3.63, 3.8) is 0 Å². The molecule has 0 unspecified atom stereocenters. The van der Waals surface area contributed by atoms with Crippen LogP contribution >= 0.6 is 0 Å². The molecule has 2 aromatic carbocycles. The Labute approximate surface area is 207 Å². The molecule has 13 heteroatoms. The molecule has 0 radical (unpaired) electrons. The van der Waals surface area contributed by atoms with Crippen LogP contribution < -0.4 is 19.1 Å². The van der Waals surface area contributed by atoms with Crippen molar-refractivity contribution in [2.24, 2.45) is 0 Å². The van der Waals surface area contributed by atoms with E-state index in [1.807, 2.05) is 4.72 Å². The molecule has 0 fully saturated rings. The zero-order chi connectivity index (χ0) is 26.3. The van der Waals surface area contributed by atoms with Crippen LogP contribution in [0.2, 0.25) is 0 Å². The maximum Gasteiger partial charge on any atom is 0.345 e. The zero-order valence-electron chi connectivity index (χ0n) is 19.4. The maximum atomic E-state index is 12.1. The highest BCUT2D eigenvalue weighted by atomic mass is 32.2. The molecule has 0 atom stereocenters. The number of phenols is 2. The number of aliphatic hydroxyl groups is 1. The molecule has 0 bridgehead atoms. The van der Waals surface area contributed by atoms with Crippen molar-refractivity contribution in [1.29, 1.82) is 0 Å². The SMILES string of the molecule is COC(=O)c1c(O)cccc1OCCCCNC(=O)CCc1ccc(N2C=C(O)NS2(=O)=O)c(O)c1. The lowest BCUT2D eigenvalue weighted by atomic mass is 10.1. The van der Waals surface area contributed by atoms with Crippen molar-refractivity contribution in [3.8, 4) is 17.2 Å². The minimum atomic E-state index is -4.02.